The van der Waals surface area contributed by atoms with Gasteiger partial charge in [0.2, 0.25) is 0 Å². The van der Waals surface area contributed by atoms with Crippen molar-refractivity contribution < 1.29 is 4.79 Å². The van der Waals surface area contributed by atoms with E-state index >= 15 is 0 Å². The van der Waals surface area contributed by atoms with Crippen LogP contribution in [0.5, 0.6) is 0 Å². The minimum atomic E-state index is -0.324. The molecule has 6 heteroatoms. The third-order valence-corrected chi connectivity index (χ3v) is 2.05. The van der Waals surface area contributed by atoms with Crippen LogP contribution in [0.25, 0.3) is 11.0 Å². The summed E-state index contributed by atoms with van der Waals surface area (Å²) in [5, 5.41) is 10.6. The fourth-order valence-electron chi connectivity index (χ4n) is 1.15. The van der Waals surface area contributed by atoms with Crippen molar-refractivity contribution in [2.24, 2.45) is 0 Å². The molecule has 0 fully saturated rings. The summed E-state index contributed by atoms with van der Waals surface area (Å²) in [7, 11) is 1.53. The first kappa shape index (κ1) is 8.96. The van der Waals surface area contributed by atoms with Gasteiger partial charge in [-0.1, -0.05) is 16.8 Å². The Balaban J connectivity index is 2.64. The minimum absolute atomic E-state index is 0.324. The number of halogens is 1. The molecule has 0 bridgehead atoms. The monoisotopic (exact) mass is 210 g/mol. The standard InChI is InChI=1S/C8H7ClN4O/c1-10-8(14)13-7-3-2-5(9)4-6(7)11-12-13/h2-4H,1H3,(H,10,14). The maximum Gasteiger partial charge on any atom is 0.343 e. The maximum absolute atomic E-state index is 11.3. The minimum Gasteiger partial charge on any atom is -0.339 e. The van der Waals surface area contributed by atoms with Gasteiger partial charge in [0.15, 0.2) is 0 Å². The predicted octanol–water partition coefficient (Wildman–Crippen LogP) is 1.27. The summed E-state index contributed by atoms with van der Waals surface area (Å²) in [5.74, 6) is 0. The van der Waals surface area contributed by atoms with E-state index in [0.717, 1.165) is 0 Å². The molecule has 0 spiro atoms. The molecule has 14 heavy (non-hydrogen) atoms. The second-order valence-corrected chi connectivity index (χ2v) is 3.13. The van der Waals surface area contributed by atoms with Crippen LogP contribution in [0.15, 0.2) is 18.2 Å². The van der Waals surface area contributed by atoms with Gasteiger partial charge in [-0.25, -0.2) is 4.79 Å². The van der Waals surface area contributed by atoms with Gasteiger partial charge in [0.25, 0.3) is 0 Å². The van der Waals surface area contributed by atoms with Crippen molar-refractivity contribution in [3.05, 3.63) is 23.2 Å². The van der Waals surface area contributed by atoms with Gasteiger partial charge in [-0.3, -0.25) is 0 Å². The zero-order chi connectivity index (χ0) is 10.1. The summed E-state index contributed by atoms with van der Waals surface area (Å²) in [4.78, 5) is 11.3. The van der Waals surface area contributed by atoms with Crippen LogP contribution >= 0.6 is 11.6 Å². The summed E-state index contributed by atoms with van der Waals surface area (Å²) >= 11 is 5.76. The lowest BCUT2D eigenvalue weighted by Gasteiger charge is -1.98. The molecule has 0 saturated carbocycles. The summed E-state index contributed by atoms with van der Waals surface area (Å²) < 4.78 is 1.19. The van der Waals surface area contributed by atoms with E-state index in [2.05, 4.69) is 15.6 Å². The highest BCUT2D eigenvalue weighted by atomic mass is 35.5. The van der Waals surface area contributed by atoms with Gasteiger partial charge in [-0.2, -0.15) is 4.68 Å². The number of aromatic nitrogens is 3. The third kappa shape index (κ3) is 1.31. The molecule has 0 aliphatic rings. The second-order valence-electron chi connectivity index (χ2n) is 2.69. The van der Waals surface area contributed by atoms with E-state index in [1.807, 2.05) is 0 Å². The molecular formula is C8H7ClN4O. The number of fused-ring (bicyclic) bond motifs is 1. The first-order valence-corrected chi connectivity index (χ1v) is 4.33. The number of hydrogen-bond donors (Lipinski definition) is 1. The van der Waals surface area contributed by atoms with Gasteiger partial charge in [0.05, 0.1) is 5.52 Å². The average molecular weight is 211 g/mol. The Hall–Kier alpha value is -1.62. The Morgan fingerprint density at radius 1 is 1.57 bits per heavy atom. The van der Waals surface area contributed by atoms with Crippen LogP contribution in [0.3, 0.4) is 0 Å². The largest absolute Gasteiger partial charge is 0.343 e. The molecule has 0 radical (unpaired) electrons. The first-order chi connectivity index (χ1) is 6.72. The highest BCUT2D eigenvalue weighted by Crippen LogP contribution is 2.16. The van der Waals surface area contributed by atoms with Crippen LogP contribution in [-0.2, 0) is 0 Å². The SMILES string of the molecule is CNC(=O)n1nnc2cc(Cl)ccc21. The average Bonchev–Trinajstić information content (AvgIpc) is 2.59. The van der Waals surface area contributed by atoms with Crippen LogP contribution < -0.4 is 5.32 Å². The summed E-state index contributed by atoms with van der Waals surface area (Å²) in [6, 6.07) is 4.72. The van der Waals surface area contributed by atoms with Gasteiger partial charge < -0.3 is 5.32 Å². The summed E-state index contributed by atoms with van der Waals surface area (Å²) in [6.45, 7) is 0. The number of nitrogens with one attached hydrogen (secondary N) is 1. The lowest BCUT2D eigenvalue weighted by atomic mass is 10.3. The van der Waals surface area contributed by atoms with Gasteiger partial charge in [0.1, 0.15) is 5.52 Å². The van der Waals surface area contributed by atoms with E-state index in [-0.39, 0.29) is 6.03 Å². The van der Waals surface area contributed by atoms with E-state index < -0.39 is 0 Å². The Morgan fingerprint density at radius 3 is 3.07 bits per heavy atom. The molecule has 0 aliphatic heterocycles. The molecule has 1 N–H and O–H groups in total. The molecule has 5 nitrogen and oxygen atoms in total. The molecule has 1 amide bonds. The van der Waals surface area contributed by atoms with Crippen LogP contribution in [0.4, 0.5) is 4.79 Å². The van der Waals surface area contributed by atoms with E-state index in [1.54, 1.807) is 18.2 Å². The Labute approximate surface area is 84.7 Å². The second kappa shape index (κ2) is 3.26. The molecule has 0 saturated heterocycles. The van der Waals surface area contributed by atoms with Crippen molar-refractivity contribution in [1.29, 1.82) is 0 Å². The number of hydrogen-bond acceptors (Lipinski definition) is 3. The Morgan fingerprint density at radius 2 is 2.36 bits per heavy atom. The van der Waals surface area contributed by atoms with Crippen molar-refractivity contribution in [2.75, 3.05) is 7.05 Å². The number of nitrogens with zero attached hydrogens (tertiary/aromatic N) is 3. The molecule has 1 aromatic carbocycles. The van der Waals surface area contributed by atoms with Crippen LogP contribution in [0, 0.1) is 0 Å². The lowest BCUT2D eigenvalue weighted by Crippen LogP contribution is -2.25. The first-order valence-electron chi connectivity index (χ1n) is 3.95. The highest BCUT2D eigenvalue weighted by Gasteiger charge is 2.09. The topological polar surface area (TPSA) is 59.8 Å². The third-order valence-electron chi connectivity index (χ3n) is 1.81. The van der Waals surface area contributed by atoms with Gasteiger partial charge in [-0.15, -0.1) is 5.10 Å². The zero-order valence-corrected chi connectivity index (χ0v) is 8.12. The lowest BCUT2D eigenvalue weighted by molar-refractivity contribution is 0.242. The van der Waals surface area contributed by atoms with Gasteiger partial charge in [-0.05, 0) is 18.2 Å². The number of benzene rings is 1. The van der Waals surface area contributed by atoms with E-state index in [1.165, 1.54) is 11.7 Å². The van der Waals surface area contributed by atoms with Crippen molar-refractivity contribution in [3.8, 4) is 0 Å². The number of carbonyl (C=O) groups is 1. The summed E-state index contributed by atoms with van der Waals surface area (Å²) in [5.41, 5.74) is 1.23. The predicted molar refractivity (Wildman–Crippen MR) is 52.4 cm³/mol. The smallest absolute Gasteiger partial charge is 0.339 e. The highest BCUT2D eigenvalue weighted by molar-refractivity contribution is 6.31. The maximum atomic E-state index is 11.3. The molecule has 0 unspecified atom stereocenters. The zero-order valence-electron chi connectivity index (χ0n) is 7.36. The number of rotatable bonds is 0. The number of carbonyl (C=O) groups excluding carboxylic acids is 1. The van der Waals surface area contributed by atoms with Crippen molar-refractivity contribution in [2.45, 2.75) is 0 Å². The van der Waals surface area contributed by atoms with Crippen LogP contribution in [0.1, 0.15) is 0 Å². The molecule has 0 aliphatic carbocycles. The van der Waals surface area contributed by atoms with E-state index in [4.69, 9.17) is 11.6 Å². The normalized spacial score (nSPS) is 10.4. The molecule has 1 aromatic heterocycles. The van der Waals surface area contributed by atoms with Gasteiger partial charge in [0, 0.05) is 12.1 Å². The van der Waals surface area contributed by atoms with Gasteiger partial charge >= 0.3 is 6.03 Å². The van der Waals surface area contributed by atoms with Crippen LogP contribution in [-0.4, -0.2) is 28.1 Å². The van der Waals surface area contributed by atoms with Crippen molar-refractivity contribution >= 4 is 28.7 Å². The Kier molecular flexibility index (Phi) is 2.09. The fourth-order valence-corrected chi connectivity index (χ4v) is 1.32. The molecule has 0 atom stereocenters. The molecule has 2 aromatic rings. The van der Waals surface area contributed by atoms with E-state index in [0.29, 0.717) is 16.1 Å². The fraction of sp³-hybridized carbons (Fsp3) is 0.125. The van der Waals surface area contributed by atoms with Crippen molar-refractivity contribution in [1.82, 2.24) is 20.3 Å². The number of amides is 1. The summed E-state index contributed by atoms with van der Waals surface area (Å²) in [6.07, 6.45) is 0. The Bertz CT molecular complexity index is 493. The molecule has 1 heterocycles. The molecule has 72 valence electrons. The van der Waals surface area contributed by atoms with E-state index in [9.17, 15) is 4.79 Å². The quantitative estimate of drug-likeness (QED) is 0.713. The molecule has 2 rings (SSSR count). The van der Waals surface area contributed by atoms with Crippen molar-refractivity contribution in [3.63, 3.8) is 0 Å². The molecular weight excluding hydrogens is 204 g/mol. The van der Waals surface area contributed by atoms with Crippen LogP contribution in [0.2, 0.25) is 5.02 Å².